The molecule has 1 atom stereocenters. The van der Waals surface area contributed by atoms with E-state index in [9.17, 15) is 0 Å². The molecule has 94 valence electrons. The fourth-order valence-electron chi connectivity index (χ4n) is 1.95. The molecule has 0 amide bonds. The molecule has 1 aliphatic rings. The summed E-state index contributed by atoms with van der Waals surface area (Å²) < 4.78 is 16.6. The van der Waals surface area contributed by atoms with Crippen molar-refractivity contribution in [1.82, 2.24) is 5.32 Å². The first kappa shape index (κ1) is 12.2. The van der Waals surface area contributed by atoms with Crippen LogP contribution in [-0.4, -0.2) is 33.4 Å². The summed E-state index contributed by atoms with van der Waals surface area (Å²) in [5.74, 6) is 1.65. The van der Waals surface area contributed by atoms with Gasteiger partial charge in [0.25, 0.3) is 0 Å². The molecule has 1 N–H and O–H groups in total. The first-order valence-electron chi connectivity index (χ1n) is 5.98. The summed E-state index contributed by atoms with van der Waals surface area (Å²) in [5.41, 5.74) is 1.08. The molecule has 1 aromatic rings. The van der Waals surface area contributed by atoms with Gasteiger partial charge in [-0.3, -0.25) is 0 Å². The molecule has 2 rings (SSSR count). The van der Waals surface area contributed by atoms with Crippen molar-refractivity contribution < 1.29 is 14.2 Å². The Morgan fingerprint density at radius 1 is 1.47 bits per heavy atom. The molecule has 17 heavy (non-hydrogen) atoms. The van der Waals surface area contributed by atoms with Crippen LogP contribution in [0.3, 0.4) is 0 Å². The quantitative estimate of drug-likeness (QED) is 0.866. The van der Waals surface area contributed by atoms with Gasteiger partial charge in [0.1, 0.15) is 11.5 Å². The van der Waals surface area contributed by atoms with E-state index in [1.807, 2.05) is 25.1 Å². The lowest BCUT2D eigenvalue weighted by atomic mass is 10.1. The zero-order chi connectivity index (χ0) is 12.1. The number of nitrogens with one attached hydrogen (secondary N) is 1. The lowest BCUT2D eigenvalue weighted by Crippen LogP contribution is -2.33. The maximum Gasteiger partial charge on any atom is 0.128 e. The van der Waals surface area contributed by atoms with Crippen molar-refractivity contribution in [2.45, 2.75) is 13.0 Å². The Morgan fingerprint density at radius 3 is 3.00 bits per heavy atom. The minimum atomic E-state index is 0.0659. The summed E-state index contributed by atoms with van der Waals surface area (Å²) in [4.78, 5) is 0. The van der Waals surface area contributed by atoms with E-state index in [2.05, 4.69) is 5.32 Å². The molecule has 1 unspecified atom stereocenters. The van der Waals surface area contributed by atoms with Crippen LogP contribution < -0.4 is 14.8 Å². The number of benzene rings is 1. The van der Waals surface area contributed by atoms with Crippen molar-refractivity contribution in [2.24, 2.45) is 0 Å². The van der Waals surface area contributed by atoms with Gasteiger partial charge >= 0.3 is 0 Å². The summed E-state index contributed by atoms with van der Waals surface area (Å²) in [6, 6.07) is 5.87. The molecule has 1 heterocycles. The number of morpholine rings is 1. The lowest BCUT2D eigenvalue weighted by molar-refractivity contribution is 0.0259. The van der Waals surface area contributed by atoms with Crippen LogP contribution in [-0.2, 0) is 4.74 Å². The normalized spacial score (nSPS) is 20.0. The molecule has 0 bridgehead atoms. The van der Waals surface area contributed by atoms with E-state index in [4.69, 9.17) is 14.2 Å². The van der Waals surface area contributed by atoms with E-state index in [0.29, 0.717) is 6.61 Å². The van der Waals surface area contributed by atoms with Crippen LogP contribution in [0.5, 0.6) is 11.5 Å². The van der Waals surface area contributed by atoms with E-state index < -0.39 is 0 Å². The van der Waals surface area contributed by atoms with Gasteiger partial charge in [0.2, 0.25) is 0 Å². The van der Waals surface area contributed by atoms with E-state index in [0.717, 1.165) is 36.8 Å². The highest BCUT2D eigenvalue weighted by Crippen LogP contribution is 2.32. The van der Waals surface area contributed by atoms with Crippen molar-refractivity contribution in [1.29, 1.82) is 0 Å². The minimum absolute atomic E-state index is 0.0659. The topological polar surface area (TPSA) is 39.7 Å². The molecule has 4 nitrogen and oxygen atoms in total. The van der Waals surface area contributed by atoms with Crippen molar-refractivity contribution in [3.8, 4) is 11.5 Å². The van der Waals surface area contributed by atoms with Crippen molar-refractivity contribution in [2.75, 3.05) is 33.4 Å². The summed E-state index contributed by atoms with van der Waals surface area (Å²) >= 11 is 0. The molecule has 1 saturated heterocycles. The van der Waals surface area contributed by atoms with Crippen molar-refractivity contribution in [3.63, 3.8) is 0 Å². The largest absolute Gasteiger partial charge is 0.497 e. The Morgan fingerprint density at radius 2 is 2.35 bits per heavy atom. The Balaban J connectivity index is 2.24. The summed E-state index contributed by atoms with van der Waals surface area (Å²) in [6.07, 6.45) is 0.0659. The van der Waals surface area contributed by atoms with Crippen molar-refractivity contribution >= 4 is 0 Å². The van der Waals surface area contributed by atoms with Gasteiger partial charge in [0.15, 0.2) is 0 Å². The molecular formula is C13H19NO3. The third-order valence-corrected chi connectivity index (χ3v) is 2.80. The number of hydrogen-bond acceptors (Lipinski definition) is 4. The van der Waals surface area contributed by atoms with E-state index in [1.165, 1.54) is 0 Å². The standard InChI is InChI=1S/C13H19NO3/c1-3-16-12-8-10(15-2)4-5-11(12)13-9-14-6-7-17-13/h4-5,8,13-14H,3,6-7,9H2,1-2H3. The Kier molecular flexibility index (Phi) is 4.23. The summed E-state index contributed by atoms with van der Waals surface area (Å²) in [5, 5.41) is 3.32. The van der Waals surface area contributed by atoms with Gasteiger partial charge in [-0.2, -0.15) is 0 Å². The second-order valence-corrected chi connectivity index (χ2v) is 3.90. The second kappa shape index (κ2) is 5.89. The molecule has 0 radical (unpaired) electrons. The van der Waals surface area contributed by atoms with Gasteiger partial charge in [0, 0.05) is 24.7 Å². The highest BCUT2D eigenvalue weighted by Gasteiger charge is 2.20. The van der Waals surface area contributed by atoms with Crippen LogP contribution in [0, 0.1) is 0 Å². The Labute approximate surface area is 102 Å². The monoisotopic (exact) mass is 237 g/mol. The van der Waals surface area contributed by atoms with Gasteiger partial charge in [0.05, 0.1) is 26.4 Å². The second-order valence-electron chi connectivity index (χ2n) is 3.90. The number of methoxy groups -OCH3 is 1. The third kappa shape index (κ3) is 2.90. The molecule has 1 aliphatic heterocycles. The van der Waals surface area contributed by atoms with Crippen LogP contribution in [0.15, 0.2) is 18.2 Å². The zero-order valence-electron chi connectivity index (χ0n) is 10.4. The fraction of sp³-hybridized carbons (Fsp3) is 0.538. The van der Waals surface area contributed by atoms with Gasteiger partial charge < -0.3 is 19.5 Å². The molecule has 1 aromatic carbocycles. The van der Waals surface area contributed by atoms with Crippen LogP contribution >= 0.6 is 0 Å². The molecule has 1 fully saturated rings. The van der Waals surface area contributed by atoms with E-state index in [1.54, 1.807) is 7.11 Å². The predicted molar refractivity (Wildman–Crippen MR) is 65.7 cm³/mol. The first-order valence-corrected chi connectivity index (χ1v) is 5.98. The maximum atomic E-state index is 5.74. The predicted octanol–water partition coefficient (Wildman–Crippen LogP) is 1.75. The molecule has 0 aliphatic carbocycles. The molecule has 4 heteroatoms. The highest BCUT2D eigenvalue weighted by atomic mass is 16.5. The number of hydrogen-bond donors (Lipinski definition) is 1. The molecule has 0 spiro atoms. The first-order chi connectivity index (χ1) is 8.35. The van der Waals surface area contributed by atoms with Gasteiger partial charge in [-0.25, -0.2) is 0 Å². The van der Waals surface area contributed by atoms with Crippen LogP contribution in [0.25, 0.3) is 0 Å². The SMILES string of the molecule is CCOc1cc(OC)ccc1C1CNCCO1. The van der Waals surface area contributed by atoms with E-state index in [-0.39, 0.29) is 6.10 Å². The fourth-order valence-corrected chi connectivity index (χ4v) is 1.95. The van der Waals surface area contributed by atoms with Crippen LogP contribution in [0.4, 0.5) is 0 Å². The Hall–Kier alpha value is -1.26. The van der Waals surface area contributed by atoms with E-state index >= 15 is 0 Å². The Bertz CT molecular complexity index is 362. The molecule has 0 saturated carbocycles. The van der Waals surface area contributed by atoms with Gasteiger partial charge in [-0.1, -0.05) is 0 Å². The lowest BCUT2D eigenvalue weighted by Gasteiger charge is -2.25. The van der Waals surface area contributed by atoms with Crippen LogP contribution in [0.1, 0.15) is 18.6 Å². The van der Waals surface area contributed by atoms with Gasteiger partial charge in [-0.15, -0.1) is 0 Å². The summed E-state index contributed by atoms with van der Waals surface area (Å²) in [6.45, 7) is 5.09. The molecular weight excluding hydrogens is 218 g/mol. The smallest absolute Gasteiger partial charge is 0.128 e. The average molecular weight is 237 g/mol. The van der Waals surface area contributed by atoms with Gasteiger partial charge in [-0.05, 0) is 19.1 Å². The van der Waals surface area contributed by atoms with Crippen molar-refractivity contribution in [3.05, 3.63) is 23.8 Å². The number of ether oxygens (including phenoxy) is 3. The third-order valence-electron chi connectivity index (χ3n) is 2.80. The summed E-state index contributed by atoms with van der Waals surface area (Å²) in [7, 11) is 1.66. The molecule has 0 aromatic heterocycles. The number of rotatable bonds is 4. The zero-order valence-corrected chi connectivity index (χ0v) is 10.4. The minimum Gasteiger partial charge on any atom is -0.497 e. The van der Waals surface area contributed by atoms with Crippen LogP contribution in [0.2, 0.25) is 0 Å². The highest BCUT2D eigenvalue weighted by molar-refractivity contribution is 5.42. The maximum absolute atomic E-state index is 5.74. The average Bonchev–Trinajstić information content (AvgIpc) is 2.40.